The van der Waals surface area contributed by atoms with Crippen molar-refractivity contribution in [1.29, 1.82) is 0 Å². The Morgan fingerprint density at radius 2 is 2.12 bits per heavy atom. The summed E-state index contributed by atoms with van der Waals surface area (Å²) in [6, 6.07) is 7.56. The van der Waals surface area contributed by atoms with E-state index < -0.39 is 0 Å². The number of pyridine rings is 1. The number of benzene rings is 1. The maximum Gasteiger partial charge on any atom is 0.128 e. The molecule has 16 heavy (non-hydrogen) atoms. The van der Waals surface area contributed by atoms with Crippen molar-refractivity contribution in [2.24, 2.45) is 5.73 Å². The van der Waals surface area contributed by atoms with Crippen LogP contribution >= 0.6 is 11.6 Å². The van der Waals surface area contributed by atoms with Crippen molar-refractivity contribution in [3.8, 4) is 5.75 Å². The molecule has 1 heterocycles. The summed E-state index contributed by atoms with van der Waals surface area (Å²) in [5.74, 6) is 0.784. The average molecular weight is 237 g/mol. The maximum atomic E-state index is 6.11. The summed E-state index contributed by atoms with van der Waals surface area (Å²) in [6.45, 7) is 0.583. The maximum absolute atomic E-state index is 6.11. The Bertz CT molecular complexity index is 514. The predicted molar refractivity (Wildman–Crippen MR) is 66.1 cm³/mol. The molecule has 0 unspecified atom stereocenters. The van der Waals surface area contributed by atoms with Gasteiger partial charge < -0.3 is 10.5 Å². The van der Waals surface area contributed by atoms with Gasteiger partial charge in [0, 0.05) is 17.5 Å². The van der Waals surface area contributed by atoms with E-state index in [0.717, 1.165) is 28.8 Å². The molecular formula is C12H13ClN2O. The Hall–Kier alpha value is -1.32. The Morgan fingerprint density at radius 3 is 2.81 bits per heavy atom. The Labute approximate surface area is 99.2 Å². The number of rotatable bonds is 3. The molecule has 0 amide bonds. The molecule has 2 N–H and O–H groups in total. The number of nitrogens with zero attached hydrogens (tertiary/aromatic N) is 1. The quantitative estimate of drug-likeness (QED) is 0.890. The van der Waals surface area contributed by atoms with E-state index in [9.17, 15) is 0 Å². The van der Waals surface area contributed by atoms with Gasteiger partial charge in [-0.2, -0.15) is 0 Å². The van der Waals surface area contributed by atoms with Crippen LogP contribution in [-0.2, 0) is 6.42 Å². The third kappa shape index (κ3) is 1.96. The van der Waals surface area contributed by atoms with Crippen LogP contribution < -0.4 is 10.5 Å². The highest BCUT2D eigenvalue weighted by Crippen LogP contribution is 2.30. The van der Waals surface area contributed by atoms with Crippen LogP contribution in [0.1, 0.15) is 5.69 Å². The summed E-state index contributed by atoms with van der Waals surface area (Å²) in [5.41, 5.74) is 7.22. The monoisotopic (exact) mass is 236 g/mol. The summed E-state index contributed by atoms with van der Waals surface area (Å²) in [7, 11) is 1.64. The van der Waals surface area contributed by atoms with E-state index in [1.54, 1.807) is 13.2 Å². The van der Waals surface area contributed by atoms with Crippen molar-refractivity contribution in [3.63, 3.8) is 0 Å². The van der Waals surface area contributed by atoms with Gasteiger partial charge in [-0.05, 0) is 30.8 Å². The summed E-state index contributed by atoms with van der Waals surface area (Å²) in [5, 5.41) is 1.56. The van der Waals surface area contributed by atoms with Gasteiger partial charge in [-0.3, -0.25) is 4.98 Å². The highest BCUT2D eigenvalue weighted by Gasteiger charge is 2.07. The molecule has 0 atom stereocenters. The van der Waals surface area contributed by atoms with Crippen LogP contribution in [0, 0.1) is 0 Å². The van der Waals surface area contributed by atoms with Crippen molar-refractivity contribution in [1.82, 2.24) is 4.98 Å². The van der Waals surface area contributed by atoms with Crippen molar-refractivity contribution < 1.29 is 4.74 Å². The molecule has 0 spiro atoms. The fourth-order valence-electron chi connectivity index (χ4n) is 1.66. The van der Waals surface area contributed by atoms with Gasteiger partial charge in [-0.15, -0.1) is 0 Å². The van der Waals surface area contributed by atoms with Gasteiger partial charge in [0.15, 0.2) is 0 Å². The molecule has 0 aliphatic rings. The Morgan fingerprint density at radius 1 is 1.31 bits per heavy atom. The molecule has 3 nitrogen and oxygen atoms in total. The van der Waals surface area contributed by atoms with Gasteiger partial charge in [-0.25, -0.2) is 0 Å². The molecule has 1 aromatic carbocycles. The number of fused-ring (bicyclic) bond motifs is 1. The number of aromatic nitrogens is 1. The average Bonchev–Trinajstić information content (AvgIpc) is 2.31. The van der Waals surface area contributed by atoms with Crippen LogP contribution in [0.3, 0.4) is 0 Å². The second-order valence-corrected chi connectivity index (χ2v) is 3.89. The lowest BCUT2D eigenvalue weighted by atomic mass is 10.1. The molecule has 0 bridgehead atoms. The minimum absolute atomic E-state index is 0.583. The van der Waals surface area contributed by atoms with Gasteiger partial charge in [0.05, 0.1) is 17.6 Å². The van der Waals surface area contributed by atoms with E-state index in [1.165, 1.54) is 0 Å². The first-order valence-corrected chi connectivity index (χ1v) is 5.46. The van der Waals surface area contributed by atoms with Gasteiger partial charge in [0.25, 0.3) is 0 Å². The van der Waals surface area contributed by atoms with Gasteiger partial charge in [0.1, 0.15) is 5.75 Å². The topological polar surface area (TPSA) is 48.1 Å². The van der Waals surface area contributed by atoms with Crippen LogP contribution in [0.25, 0.3) is 10.9 Å². The first-order valence-electron chi connectivity index (χ1n) is 5.08. The van der Waals surface area contributed by atoms with Gasteiger partial charge in [0.2, 0.25) is 0 Å². The molecule has 0 saturated carbocycles. The van der Waals surface area contributed by atoms with E-state index in [0.29, 0.717) is 11.6 Å². The number of ether oxygens (including phenoxy) is 1. The van der Waals surface area contributed by atoms with Gasteiger partial charge in [-0.1, -0.05) is 11.6 Å². The van der Waals surface area contributed by atoms with Crippen molar-refractivity contribution in [2.75, 3.05) is 13.7 Å². The van der Waals surface area contributed by atoms with E-state index in [-0.39, 0.29) is 0 Å². The van der Waals surface area contributed by atoms with Crippen molar-refractivity contribution >= 4 is 22.5 Å². The van der Waals surface area contributed by atoms with E-state index in [2.05, 4.69) is 4.98 Å². The van der Waals surface area contributed by atoms with Crippen molar-refractivity contribution in [3.05, 3.63) is 35.0 Å². The summed E-state index contributed by atoms with van der Waals surface area (Å²) in [4.78, 5) is 4.48. The summed E-state index contributed by atoms with van der Waals surface area (Å²) >= 11 is 6.11. The molecule has 0 fully saturated rings. The zero-order chi connectivity index (χ0) is 11.5. The fourth-order valence-corrected chi connectivity index (χ4v) is 1.87. The molecule has 0 aliphatic heterocycles. The van der Waals surface area contributed by atoms with Gasteiger partial charge >= 0.3 is 0 Å². The molecule has 4 heteroatoms. The van der Waals surface area contributed by atoms with Crippen LogP contribution in [-0.4, -0.2) is 18.6 Å². The molecule has 84 valence electrons. The molecule has 2 aromatic rings. The smallest absolute Gasteiger partial charge is 0.128 e. The van der Waals surface area contributed by atoms with E-state index in [1.807, 2.05) is 18.2 Å². The number of methoxy groups -OCH3 is 1. The molecule has 1 aromatic heterocycles. The number of hydrogen-bond donors (Lipinski definition) is 1. The zero-order valence-electron chi connectivity index (χ0n) is 9.03. The van der Waals surface area contributed by atoms with E-state index >= 15 is 0 Å². The zero-order valence-corrected chi connectivity index (χ0v) is 9.79. The molecule has 0 aliphatic carbocycles. The summed E-state index contributed by atoms with van der Waals surface area (Å²) in [6.07, 6.45) is 0.753. The lowest BCUT2D eigenvalue weighted by Gasteiger charge is -2.07. The first-order chi connectivity index (χ1) is 7.76. The molecule has 0 saturated heterocycles. The fraction of sp³-hybridized carbons (Fsp3) is 0.250. The normalized spacial score (nSPS) is 10.7. The Kier molecular flexibility index (Phi) is 3.27. The van der Waals surface area contributed by atoms with Crippen LogP contribution in [0.2, 0.25) is 5.02 Å². The highest BCUT2D eigenvalue weighted by atomic mass is 35.5. The second-order valence-electron chi connectivity index (χ2n) is 3.49. The van der Waals surface area contributed by atoms with Crippen molar-refractivity contribution in [2.45, 2.75) is 6.42 Å². The molecule has 2 rings (SSSR count). The second kappa shape index (κ2) is 4.68. The molecule has 0 radical (unpaired) electrons. The first kappa shape index (κ1) is 11.2. The summed E-state index contributed by atoms with van der Waals surface area (Å²) < 4.78 is 5.26. The van der Waals surface area contributed by atoms with Crippen LogP contribution in [0.5, 0.6) is 5.75 Å². The number of hydrogen-bond acceptors (Lipinski definition) is 3. The van der Waals surface area contributed by atoms with Crippen LogP contribution in [0.15, 0.2) is 24.3 Å². The lowest BCUT2D eigenvalue weighted by molar-refractivity contribution is 0.419. The largest absolute Gasteiger partial charge is 0.496 e. The number of halogens is 1. The lowest BCUT2D eigenvalue weighted by Crippen LogP contribution is -2.04. The third-order valence-electron chi connectivity index (χ3n) is 2.45. The highest BCUT2D eigenvalue weighted by molar-refractivity contribution is 6.35. The minimum atomic E-state index is 0.583. The standard InChI is InChI=1S/C12H13ClN2O/c1-16-11-5-4-10(13)12-9(11)3-2-8(15-12)6-7-14/h2-5H,6-7,14H2,1H3. The van der Waals surface area contributed by atoms with Crippen LogP contribution in [0.4, 0.5) is 0 Å². The third-order valence-corrected chi connectivity index (χ3v) is 2.75. The number of nitrogens with two attached hydrogens (primary N) is 1. The SMILES string of the molecule is COc1ccc(Cl)c2nc(CCN)ccc12. The van der Waals surface area contributed by atoms with E-state index in [4.69, 9.17) is 22.1 Å². The Balaban J connectivity index is 2.63. The molecular weight excluding hydrogens is 224 g/mol. The minimum Gasteiger partial charge on any atom is -0.496 e. The predicted octanol–water partition coefficient (Wildman–Crippen LogP) is 2.40.